The van der Waals surface area contributed by atoms with E-state index < -0.39 is 11.9 Å². The third kappa shape index (κ3) is 10.9. The molecule has 0 spiro atoms. The van der Waals surface area contributed by atoms with Crippen molar-refractivity contribution in [1.82, 2.24) is 0 Å². The van der Waals surface area contributed by atoms with E-state index in [4.69, 9.17) is 46.9 Å². The molecule has 0 heterocycles. The molecule has 0 aromatic heterocycles. The summed E-state index contributed by atoms with van der Waals surface area (Å²) in [6.07, 6.45) is 18.1. The van der Waals surface area contributed by atoms with Gasteiger partial charge in [-0.05, 0) is 127 Å². The summed E-state index contributed by atoms with van der Waals surface area (Å²) in [6.45, 7) is 0. The molecule has 0 unspecified atom stereocenters. The maximum atomic E-state index is 11.8. The molecule has 0 bridgehead atoms. The van der Waals surface area contributed by atoms with Gasteiger partial charge >= 0.3 is 30.8 Å². The van der Waals surface area contributed by atoms with Gasteiger partial charge in [-0.25, -0.2) is 9.59 Å². The Balaban J connectivity index is 0.000000245. The summed E-state index contributed by atoms with van der Waals surface area (Å²) in [6, 6.07) is 6.27. The molecule has 4 saturated carbocycles. The van der Waals surface area contributed by atoms with E-state index in [1.807, 2.05) is 0 Å². The first-order chi connectivity index (χ1) is 21.8. The van der Waals surface area contributed by atoms with Crippen LogP contribution in [-0.2, 0) is 4.74 Å². The van der Waals surface area contributed by atoms with Gasteiger partial charge in [0.2, 0.25) is 0 Å². The van der Waals surface area contributed by atoms with Crippen LogP contribution in [0.4, 0.5) is 0 Å². The fraction of sp³-hybridized carbons (Fsp3) is 0.600. The molecule has 2 N–H and O–H groups in total. The largest absolute Gasteiger partial charge is 1.00 e. The number of aromatic carboxylic acids is 1. The molecule has 0 atom stereocenters. The number of hydrogen-bond acceptors (Lipinski definition) is 8. The van der Waals surface area contributed by atoms with Gasteiger partial charge in [-0.3, -0.25) is 0 Å². The molecule has 47 heavy (non-hydrogen) atoms. The Bertz CT molecular complexity index is 1320. The molecule has 2 aromatic rings. The van der Waals surface area contributed by atoms with Crippen molar-refractivity contribution in [1.29, 1.82) is 0 Å². The first kappa shape index (κ1) is 39.2. The maximum absolute atomic E-state index is 11.8. The Kier molecular flexibility index (Phi) is 15.9. The van der Waals surface area contributed by atoms with Gasteiger partial charge in [0, 0.05) is 0 Å². The van der Waals surface area contributed by atoms with E-state index in [0.717, 1.165) is 77.0 Å². The molecule has 4 aliphatic carbocycles. The van der Waals surface area contributed by atoms with Crippen LogP contribution in [0.15, 0.2) is 24.3 Å². The summed E-state index contributed by atoms with van der Waals surface area (Å²) in [5.41, 5.74) is 0.529. The Hall–Kier alpha value is -2.28. The molecule has 12 heteroatoms. The van der Waals surface area contributed by atoms with Gasteiger partial charge in [-0.15, -0.1) is 0 Å². The average molecular weight is 688 g/mol. The Morgan fingerprint density at radius 3 is 1.26 bits per heavy atom. The number of carbonyl (C=O) groups excluding carboxylic acids is 1. The molecule has 0 aliphatic heterocycles. The van der Waals surface area contributed by atoms with Crippen LogP contribution in [-0.4, -0.2) is 54.0 Å². The first-order valence-electron chi connectivity index (χ1n) is 16.5. The predicted octanol–water partition coefficient (Wildman–Crippen LogP) is 6.28. The summed E-state index contributed by atoms with van der Waals surface area (Å²) in [4.78, 5) is 23.1. The first-order valence-corrected chi connectivity index (χ1v) is 17.2. The van der Waals surface area contributed by atoms with Crippen molar-refractivity contribution in [3.05, 3.63) is 45.4 Å². The van der Waals surface area contributed by atoms with E-state index in [1.54, 1.807) is 12.1 Å². The van der Waals surface area contributed by atoms with E-state index in [0.29, 0.717) is 38.6 Å². The third-order valence-corrected chi connectivity index (χ3v) is 9.61. The summed E-state index contributed by atoms with van der Waals surface area (Å²) in [5, 5.41) is 9.94. The van der Waals surface area contributed by atoms with Gasteiger partial charge in [0.15, 0.2) is 23.0 Å². The van der Waals surface area contributed by atoms with Crippen molar-refractivity contribution in [3.8, 4) is 23.0 Å². The second kappa shape index (κ2) is 19.0. The second-order valence-electron chi connectivity index (χ2n) is 12.5. The van der Waals surface area contributed by atoms with Gasteiger partial charge in [-0.1, -0.05) is 23.2 Å². The van der Waals surface area contributed by atoms with E-state index >= 15 is 0 Å². The zero-order valence-electron chi connectivity index (χ0n) is 27.4. The Morgan fingerprint density at radius 1 is 0.596 bits per heavy atom. The van der Waals surface area contributed by atoms with Crippen molar-refractivity contribution < 1.29 is 62.7 Å². The van der Waals surface area contributed by atoms with Crippen LogP contribution in [0.3, 0.4) is 0 Å². The van der Waals surface area contributed by atoms with Crippen molar-refractivity contribution in [2.45, 2.75) is 127 Å². The molecule has 9 nitrogen and oxygen atoms in total. The second-order valence-corrected chi connectivity index (χ2v) is 13.3. The zero-order chi connectivity index (χ0) is 31.8. The normalized spacial score (nSPS) is 18.4. The molecule has 0 saturated heterocycles. The number of carboxylic acid groups (broad SMARTS) is 1. The summed E-state index contributed by atoms with van der Waals surface area (Å²) < 4.78 is 29.1. The van der Waals surface area contributed by atoms with Crippen LogP contribution >= 0.6 is 23.2 Å². The van der Waals surface area contributed by atoms with Crippen LogP contribution in [0.1, 0.15) is 123 Å². The van der Waals surface area contributed by atoms with Crippen molar-refractivity contribution in [2.75, 3.05) is 7.11 Å². The zero-order valence-corrected chi connectivity index (χ0v) is 29.0. The Morgan fingerprint density at radius 2 is 0.915 bits per heavy atom. The van der Waals surface area contributed by atoms with Gasteiger partial charge in [0.05, 0.1) is 52.7 Å². The summed E-state index contributed by atoms with van der Waals surface area (Å²) in [5.74, 6) is 0.685. The van der Waals surface area contributed by atoms with Crippen molar-refractivity contribution in [3.63, 3.8) is 0 Å². The molecule has 4 aliphatic rings. The van der Waals surface area contributed by atoms with Crippen LogP contribution < -0.4 is 37.8 Å². The number of carboxylic acids is 1. The average Bonchev–Trinajstić information content (AvgIpc) is 3.85. The standard InChI is InChI=1S/C18H23ClO4.C17H21ClO4.Li.H2O/c1-21-18(20)12-10-15(19)17(23-14-8-4-5-9-14)16(11-12)22-13-6-2-3-7-13;18-14-9-11(17(19)20)10-15(21-12-5-1-2-6-12)16(14)22-13-7-3-4-8-13;;/h10-11,13-14H,2-9H2,1H3;9-10,12-13H,1-8H2,(H,19,20);;1H2/q;;+1;/p-1. The van der Waals surface area contributed by atoms with Gasteiger partial charge < -0.3 is 34.3 Å². The van der Waals surface area contributed by atoms with Gasteiger partial charge in [0.25, 0.3) is 0 Å². The topological polar surface area (TPSA) is 131 Å². The number of esters is 1. The number of hydrogen-bond donors (Lipinski definition) is 1. The molecule has 254 valence electrons. The van der Waals surface area contributed by atoms with Crippen molar-refractivity contribution >= 4 is 35.1 Å². The van der Waals surface area contributed by atoms with Crippen LogP contribution in [0.2, 0.25) is 10.0 Å². The molecular formula is C35H45Cl2LiO9. The van der Waals surface area contributed by atoms with Gasteiger partial charge in [-0.2, -0.15) is 0 Å². The predicted molar refractivity (Wildman–Crippen MR) is 175 cm³/mol. The minimum Gasteiger partial charge on any atom is -0.870 e. The minimum absolute atomic E-state index is 0. The molecule has 2 aromatic carbocycles. The summed E-state index contributed by atoms with van der Waals surface area (Å²) >= 11 is 12.7. The number of rotatable bonds is 10. The SMILES string of the molecule is COC(=O)c1cc(Cl)c(OC2CCCC2)c(OC2CCCC2)c1.O=C(O)c1cc(Cl)c(OC2CCCC2)c(OC2CCCC2)c1.[Li+].[OH-]. The number of benzene rings is 2. The van der Waals surface area contributed by atoms with Crippen LogP contribution in [0, 0.1) is 0 Å². The molecule has 4 fully saturated rings. The van der Waals surface area contributed by atoms with E-state index in [1.165, 1.54) is 44.9 Å². The molecule has 0 radical (unpaired) electrons. The number of carbonyl (C=O) groups is 2. The monoisotopic (exact) mass is 686 g/mol. The van der Waals surface area contributed by atoms with Gasteiger partial charge in [0.1, 0.15) is 0 Å². The fourth-order valence-corrected chi connectivity index (χ4v) is 7.13. The number of methoxy groups -OCH3 is 1. The number of halogens is 2. The molecule has 0 amide bonds. The smallest absolute Gasteiger partial charge is 0.870 e. The van der Waals surface area contributed by atoms with Crippen molar-refractivity contribution in [2.24, 2.45) is 0 Å². The third-order valence-electron chi connectivity index (χ3n) is 9.05. The Labute approximate surface area is 299 Å². The minimum atomic E-state index is -1.01. The van der Waals surface area contributed by atoms with E-state index in [-0.39, 0.29) is 54.3 Å². The number of ether oxygens (including phenoxy) is 5. The van der Waals surface area contributed by atoms with Crippen LogP contribution in [0.25, 0.3) is 0 Å². The van der Waals surface area contributed by atoms with E-state index in [2.05, 4.69) is 0 Å². The van der Waals surface area contributed by atoms with Crippen LogP contribution in [0.5, 0.6) is 23.0 Å². The summed E-state index contributed by atoms with van der Waals surface area (Å²) in [7, 11) is 1.36. The molecular weight excluding hydrogens is 642 g/mol. The fourth-order valence-electron chi connectivity index (χ4n) is 6.62. The van der Waals surface area contributed by atoms with E-state index in [9.17, 15) is 14.7 Å². The maximum Gasteiger partial charge on any atom is 1.00 e. The quantitative estimate of drug-likeness (QED) is 0.227. The molecule has 6 rings (SSSR count).